The molecular weight excluding hydrogens is 318 g/mol. The van der Waals surface area contributed by atoms with E-state index in [0.29, 0.717) is 24.5 Å². The predicted octanol–water partition coefficient (Wildman–Crippen LogP) is 3.68. The van der Waals surface area contributed by atoms with Gasteiger partial charge in [-0.05, 0) is 49.7 Å². The van der Waals surface area contributed by atoms with E-state index in [1.165, 1.54) is 0 Å². The summed E-state index contributed by atoms with van der Waals surface area (Å²) in [6, 6.07) is 11.1. The lowest BCUT2D eigenvalue weighted by Gasteiger charge is -2.20. The topological polar surface area (TPSA) is 48.0 Å². The largest absolute Gasteiger partial charge is 0.497 e. The van der Waals surface area contributed by atoms with Crippen LogP contribution in [-0.2, 0) is 6.54 Å². The highest BCUT2D eigenvalue weighted by Crippen LogP contribution is 2.26. The van der Waals surface area contributed by atoms with Gasteiger partial charge in [-0.3, -0.25) is 4.79 Å². The summed E-state index contributed by atoms with van der Waals surface area (Å²) in [6.07, 6.45) is 0. The van der Waals surface area contributed by atoms with Gasteiger partial charge in [-0.1, -0.05) is 0 Å². The van der Waals surface area contributed by atoms with Crippen molar-refractivity contribution in [1.29, 1.82) is 0 Å². The van der Waals surface area contributed by atoms with Crippen molar-refractivity contribution in [3.63, 3.8) is 0 Å². The molecule has 0 N–H and O–H groups in total. The zero-order valence-corrected chi connectivity index (χ0v) is 15.5. The van der Waals surface area contributed by atoms with Crippen LogP contribution in [-0.4, -0.2) is 38.7 Å². The summed E-state index contributed by atoms with van der Waals surface area (Å²) in [5.41, 5.74) is 2.50. The van der Waals surface area contributed by atoms with Crippen LogP contribution in [0.4, 0.5) is 0 Å². The van der Waals surface area contributed by atoms with E-state index in [4.69, 9.17) is 14.2 Å². The molecule has 2 aromatic rings. The molecule has 0 saturated heterocycles. The molecule has 0 atom stereocenters. The number of hydrogen-bond acceptors (Lipinski definition) is 4. The first kappa shape index (κ1) is 18.6. The molecule has 0 aromatic heterocycles. The lowest BCUT2D eigenvalue weighted by Crippen LogP contribution is -2.26. The molecule has 0 saturated carbocycles. The second-order valence-electron chi connectivity index (χ2n) is 5.75. The molecule has 0 spiro atoms. The molecule has 2 rings (SSSR count). The Kier molecular flexibility index (Phi) is 6.28. The summed E-state index contributed by atoms with van der Waals surface area (Å²) >= 11 is 0. The highest BCUT2D eigenvalue weighted by Gasteiger charge is 2.16. The second kappa shape index (κ2) is 8.42. The summed E-state index contributed by atoms with van der Waals surface area (Å²) < 4.78 is 16.1. The molecule has 2 aromatic carbocycles. The molecule has 134 valence electrons. The Hall–Kier alpha value is -2.69. The average Bonchev–Trinajstić information content (AvgIpc) is 2.63. The van der Waals surface area contributed by atoms with Crippen LogP contribution in [0.5, 0.6) is 17.2 Å². The molecular formula is C20H25NO4. The van der Waals surface area contributed by atoms with Gasteiger partial charge in [0.05, 0.1) is 20.8 Å². The van der Waals surface area contributed by atoms with Gasteiger partial charge in [0, 0.05) is 30.8 Å². The van der Waals surface area contributed by atoms with Gasteiger partial charge in [-0.15, -0.1) is 0 Å². The van der Waals surface area contributed by atoms with Crippen LogP contribution < -0.4 is 14.2 Å². The Labute approximate surface area is 149 Å². The summed E-state index contributed by atoms with van der Waals surface area (Å²) in [5, 5.41) is 0. The van der Waals surface area contributed by atoms with Gasteiger partial charge < -0.3 is 19.1 Å². The van der Waals surface area contributed by atoms with E-state index in [1.807, 2.05) is 44.2 Å². The highest BCUT2D eigenvalue weighted by molar-refractivity contribution is 5.94. The Morgan fingerprint density at radius 2 is 1.80 bits per heavy atom. The summed E-state index contributed by atoms with van der Waals surface area (Å²) in [7, 11) is 4.99. The number of methoxy groups -OCH3 is 2. The summed E-state index contributed by atoms with van der Waals surface area (Å²) in [5.74, 6) is 2.17. The third-order valence-electron chi connectivity index (χ3n) is 3.97. The first-order chi connectivity index (χ1) is 12.0. The van der Waals surface area contributed by atoms with Crippen molar-refractivity contribution < 1.29 is 19.0 Å². The second-order valence-corrected chi connectivity index (χ2v) is 5.75. The number of hydrogen-bond donors (Lipinski definition) is 0. The number of carbonyl (C=O) groups excluding carboxylic acids is 1. The standard InChI is InChI=1S/C20H25NO4/c1-6-25-18-10-8-15(11-14(18)2)20(22)21(3)13-16-7-9-17(23-4)12-19(16)24-5/h7-12H,6,13H2,1-5H3. The van der Waals surface area contributed by atoms with Gasteiger partial charge >= 0.3 is 0 Å². The quantitative estimate of drug-likeness (QED) is 0.769. The van der Waals surface area contributed by atoms with Crippen LogP contribution in [0.3, 0.4) is 0 Å². The molecule has 0 bridgehead atoms. The number of rotatable bonds is 7. The van der Waals surface area contributed by atoms with Gasteiger partial charge in [-0.25, -0.2) is 0 Å². The van der Waals surface area contributed by atoms with Crippen LogP contribution in [0, 0.1) is 6.92 Å². The number of nitrogens with zero attached hydrogens (tertiary/aromatic N) is 1. The number of ether oxygens (including phenoxy) is 3. The smallest absolute Gasteiger partial charge is 0.253 e. The Balaban J connectivity index is 2.16. The average molecular weight is 343 g/mol. The maximum atomic E-state index is 12.7. The van der Waals surface area contributed by atoms with E-state index < -0.39 is 0 Å². The lowest BCUT2D eigenvalue weighted by atomic mass is 10.1. The fraction of sp³-hybridized carbons (Fsp3) is 0.350. The van der Waals surface area contributed by atoms with Crippen molar-refractivity contribution in [2.24, 2.45) is 0 Å². The van der Waals surface area contributed by atoms with Crippen molar-refractivity contribution in [2.75, 3.05) is 27.9 Å². The number of carbonyl (C=O) groups is 1. The van der Waals surface area contributed by atoms with Gasteiger partial charge in [0.15, 0.2) is 0 Å². The normalized spacial score (nSPS) is 10.3. The van der Waals surface area contributed by atoms with Crippen LogP contribution in [0.15, 0.2) is 36.4 Å². The Morgan fingerprint density at radius 1 is 1.04 bits per heavy atom. The van der Waals surface area contributed by atoms with Crippen molar-refractivity contribution in [1.82, 2.24) is 4.90 Å². The van der Waals surface area contributed by atoms with E-state index in [0.717, 1.165) is 22.6 Å². The maximum Gasteiger partial charge on any atom is 0.253 e. The van der Waals surface area contributed by atoms with Gasteiger partial charge in [0.1, 0.15) is 17.2 Å². The Morgan fingerprint density at radius 3 is 2.40 bits per heavy atom. The molecule has 0 unspecified atom stereocenters. The van der Waals surface area contributed by atoms with Crippen molar-refractivity contribution in [3.05, 3.63) is 53.1 Å². The fourth-order valence-electron chi connectivity index (χ4n) is 2.63. The molecule has 0 radical (unpaired) electrons. The van der Waals surface area contributed by atoms with E-state index in [-0.39, 0.29) is 5.91 Å². The number of benzene rings is 2. The molecule has 1 amide bonds. The van der Waals surface area contributed by atoms with E-state index in [2.05, 4.69) is 0 Å². The molecule has 0 fully saturated rings. The molecule has 25 heavy (non-hydrogen) atoms. The van der Waals surface area contributed by atoms with E-state index in [9.17, 15) is 4.79 Å². The van der Waals surface area contributed by atoms with Crippen LogP contribution in [0.1, 0.15) is 28.4 Å². The molecule has 0 aliphatic carbocycles. The van der Waals surface area contributed by atoms with Crippen molar-refractivity contribution in [3.8, 4) is 17.2 Å². The molecule has 5 heteroatoms. The minimum Gasteiger partial charge on any atom is -0.497 e. The van der Waals surface area contributed by atoms with Crippen molar-refractivity contribution in [2.45, 2.75) is 20.4 Å². The summed E-state index contributed by atoms with van der Waals surface area (Å²) in [4.78, 5) is 14.4. The van der Waals surface area contributed by atoms with Gasteiger partial charge in [-0.2, -0.15) is 0 Å². The van der Waals surface area contributed by atoms with E-state index >= 15 is 0 Å². The zero-order chi connectivity index (χ0) is 18.4. The molecule has 0 heterocycles. The highest BCUT2D eigenvalue weighted by atomic mass is 16.5. The number of aryl methyl sites for hydroxylation is 1. The van der Waals surface area contributed by atoms with Crippen molar-refractivity contribution >= 4 is 5.91 Å². The third kappa shape index (κ3) is 4.44. The third-order valence-corrected chi connectivity index (χ3v) is 3.97. The fourth-order valence-corrected chi connectivity index (χ4v) is 2.63. The minimum absolute atomic E-state index is 0.0518. The van der Waals surface area contributed by atoms with Gasteiger partial charge in [0.25, 0.3) is 5.91 Å². The first-order valence-electron chi connectivity index (χ1n) is 8.20. The SMILES string of the molecule is CCOc1ccc(C(=O)N(C)Cc2ccc(OC)cc2OC)cc1C. The molecule has 5 nitrogen and oxygen atoms in total. The minimum atomic E-state index is -0.0518. The predicted molar refractivity (Wildman–Crippen MR) is 97.7 cm³/mol. The van der Waals surface area contributed by atoms with E-state index in [1.54, 1.807) is 32.2 Å². The molecule has 0 aliphatic heterocycles. The lowest BCUT2D eigenvalue weighted by molar-refractivity contribution is 0.0784. The van der Waals surface area contributed by atoms with Crippen LogP contribution >= 0.6 is 0 Å². The maximum absolute atomic E-state index is 12.7. The molecule has 0 aliphatic rings. The van der Waals surface area contributed by atoms with Crippen LogP contribution in [0.2, 0.25) is 0 Å². The van der Waals surface area contributed by atoms with Gasteiger partial charge in [0.2, 0.25) is 0 Å². The monoisotopic (exact) mass is 343 g/mol. The first-order valence-corrected chi connectivity index (χ1v) is 8.20. The zero-order valence-electron chi connectivity index (χ0n) is 15.5. The van der Waals surface area contributed by atoms with Crippen LogP contribution in [0.25, 0.3) is 0 Å². The Bertz CT molecular complexity index is 742. The summed E-state index contributed by atoms with van der Waals surface area (Å²) in [6.45, 7) is 4.92. The number of amides is 1.